The van der Waals surface area contributed by atoms with E-state index in [9.17, 15) is 18.0 Å². The highest BCUT2D eigenvalue weighted by Gasteiger charge is 2.34. The largest absolute Gasteiger partial charge is 0.324 e. The van der Waals surface area contributed by atoms with E-state index in [-0.39, 0.29) is 18.1 Å². The van der Waals surface area contributed by atoms with Crippen molar-refractivity contribution in [2.45, 2.75) is 18.7 Å². The molecule has 1 rings (SSSR count). The van der Waals surface area contributed by atoms with Gasteiger partial charge in [0.2, 0.25) is 5.91 Å². The minimum atomic E-state index is -3.28. The number of ketones is 1. The van der Waals surface area contributed by atoms with Crippen LogP contribution in [0.15, 0.2) is 0 Å². The second kappa shape index (κ2) is 5.18. The van der Waals surface area contributed by atoms with Crippen LogP contribution in [0.3, 0.4) is 0 Å². The Hall–Kier alpha value is -0.560. The van der Waals surface area contributed by atoms with E-state index < -0.39 is 15.2 Å². The van der Waals surface area contributed by atoms with Gasteiger partial charge in [-0.25, -0.2) is 8.42 Å². The third-order valence-corrected chi connectivity index (χ3v) is 4.94. The van der Waals surface area contributed by atoms with Gasteiger partial charge >= 0.3 is 0 Å². The summed E-state index contributed by atoms with van der Waals surface area (Å²) in [4.78, 5) is 23.9. The summed E-state index contributed by atoms with van der Waals surface area (Å²) in [6.45, 7) is 1.72. The summed E-state index contributed by atoms with van der Waals surface area (Å²) in [6.07, 6.45) is 0.911. The quantitative estimate of drug-likeness (QED) is 0.667. The molecule has 0 saturated carbocycles. The number of amides is 1. The summed E-state index contributed by atoms with van der Waals surface area (Å²) in [5, 5.41) is -0.780. The fourth-order valence-corrected chi connectivity index (χ4v) is 4.37. The summed E-state index contributed by atoms with van der Waals surface area (Å²) in [7, 11) is -3.28. The lowest BCUT2D eigenvalue weighted by Crippen LogP contribution is -2.50. The van der Waals surface area contributed by atoms with Crippen molar-refractivity contribution in [2.75, 3.05) is 24.3 Å². The average Bonchev–Trinajstić information content (AvgIpc) is 2.15. The van der Waals surface area contributed by atoms with E-state index >= 15 is 0 Å². The molecule has 1 atom stereocenters. The smallest absolute Gasteiger partial charge is 0.231 e. The van der Waals surface area contributed by atoms with Gasteiger partial charge < -0.3 is 4.90 Å². The number of hydrogen-bond acceptors (Lipinski definition) is 5. The van der Waals surface area contributed by atoms with E-state index in [2.05, 4.69) is 0 Å². The molecule has 0 aliphatic carbocycles. The summed E-state index contributed by atoms with van der Waals surface area (Å²) >= 11 is 1.51. The van der Waals surface area contributed by atoms with Gasteiger partial charge in [0.15, 0.2) is 9.84 Å². The Labute approximate surface area is 99.5 Å². The number of carbonyl (C=O) groups is 2. The van der Waals surface area contributed by atoms with E-state index in [0.29, 0.717) is 12.3 Å². The van der Waals surface area contributed by atoms with Crippen LogP contribution in [-0.2, 0) is 19.4 Å². The van der Waals surface area contributed by atoms with Gasteiger partial charge in [-0.2, -0.15) is 11.8 Å². The minimum absolute atomic E-state index is 0.212. The fourth-order valence-electron chi connectivity index (χ4n) is 1.54. The van der Waals surface area contributed by atoms with Gasteiger partial charge in [-0.05, 0) is 6.92 Å². The molecular formula is C9H15NO4S2. The van der Waals surface area contributed by atoms with Crippen LogP contribution < -0.4 is 0 Å². The summed E-state index contributed by atoms with van der Waals surface area (Å²) in [5.74, 6) is 0.483. The maximum atomic E-state index is 11.7. The molecule has 1 aliphatic rings. The molecule has 0 bridgehead atoms. The van der Waals surface area contributed by atoms with Crippen LogP contribution >= 0.6 is 11.8 Å². The molecule has 1 amide bonds. The van der Waals surface area contributed by atoms with Crippen LogP contribution in [-0.4, -0.2) is 54.7 Å². The van der Waals surface area contributed by atoms with Crippen molar-refractivity contribution >= 4 is 33.3 Å². The van der Waals surface area contributed by atoms with Crippen LogP contribution in [0.4, 0.5) is 0 Å². The maximum Gasteiger partial charge on any atom is 0.231 e. The number of rotatable bonds is 3. The molecule has 1 fully saturated rings. The van der Waals surface area contributed by atoms with Crippen LogP contribution in [0.25, 0.3) is 0 Å². The van der Waals surface area contributed by atoms with Crippen molar-refractivity contribution in [3.05, 3.63) is 0 Å². The lowest BCUT2D eigenvalue weighted by atomic mass is 10.3. The van der Waals surface area contributed by atoms with Gasteiger partial charge in [0.05, 0.1) is 6.42 Å². The van der Waals surface area contributed by atoms with E-state index in [1.165, 1.54) is 23.6 Å². The molecule has 1 unspecified atom stereocenters. The second-order valence-electron chi connectivity index (χ2n) is 3.83. The molecule has 0 aromatic rings. The average molecular weight is 265 g/mol. The summed E-state index contributed by atoms with van der Waals surface area (Å²) in [5.41, 5.74) is 0. The molecule has 1 saturated heterocycles. The normalized spacial score (nSPS) is 21.9. The van der Waals surface area contributed by atoms with Crippen molar-refractivity contribution in [3.63, 3.8) is 0 Å². The van der Waals surface area contributed by atoms with Crippen molar-refractivity contribution in [2.24, 2.45) is 0 Å². The lowest BCUT2D eigenvalue weighted by Gasteiger charge is -2.33. The SMILES string of the molecule is CC(=O)CC(=O)N1CCSCC1S(C)(=O)=O. The number of sulfone groups is 1. The first-order valence-corrected chi connectivity index (χ1v) is 7.99. The van der Waals surface area contributed by atoms with Crippen LogP contribution in [0.1, 0.15) is 13.3 Å². The molecule has 0 spiro atoms. The number of Topliss-reactive ketones (excluding diaryl/α,β-unsaturated/α-hetero) is 1. The molecule has 0 radical (unpaired) electrons. The Bertz CT molecular complexity index is 390. The van der Waals surface area contributed by atoms with Gasteiger partial charge in [-0.1, -0.05) is 0 Å². The van der Waals surface area contributed by atoms with Crippen LogP contribution in [0.5, 0.6) is 0 Å². The number of thioether (sulfide) groups is 1. The van der Waals surface area contributed by atoms with Crippen molar-refractivity contribution in [3.8, 4) is 0 Å². The van der Waals surface area contributed by atoms with Crippen LogP contribution in [0.2, 0.25) is 0 Å². The van der Waals surface area contributed by atoms with Gasteiger partial charge in [-0.15, -0.1) is 0 Å². The molecule has 1 heterocycles. The number of hydrogen-bond donors (Lipinski definition) is 0. The molecule has 0 aromatic carbocycles. The monoisotopic (exact) mass is 265 g/mol. The molecular weight excluding hydrogens is 250 g/mol. The zero-order chi connectivity index (χ0) is 12.3. The first-order valence-electron chi connectivity index (χ1n) is 4.88. The first kappa shape index (κ1) is 13.5. The first-order chi connectivity index (χ1) is 7.32. The van der Waals surface area contributed by atoms with Gasteiger partial charge in [0.25, 0.3) is 0 Å². The van der Waals surface area contributed by atoms with Crippen LogP contribution in [0, 0.1) is 0 Å². The number of nitrogens with zero attached hydrogens (tertiary/aromatic N) is 1. The molecule has 7 heteroatoms. The molecule has 0 aromatic heterocycles. The second-order valence-corrected chi connectivity index (χ2v) is 7.18. The summed E-state index contributed by atoms with van der Waals surface area (Å²) < 4.78 is 23.0. The van der Waals surface area contributed by atoms with Gasteiger partial charge in [0, 0.05) is 24.3 Å². The van der Waals surface area contributed by atoms with E-state index in [4.69, 9.17) is 0 Å². The minimum Gasteiger partial charge on any atom is -0.324 e. The zero-order valence-electron chi connectivity index (χ0n) is 9.30. The maximum absolute atomic E-state index is 11.7. The van der Waals surface area contributed by atoms with E-state index in [1.54, 1.807) is 0 Å². The number of carbonyl (C=O) groups excluding carboxylic acids is 2. The Balaban J connectivity index is 2.82. The zero-order valence-corrected chi connectivity index (χ0v) is 10.9. The van der Waals surface area contributed by atoms with Crippen molar-refractivity contribution < 1.29 is 18.0 Å². The standard InChI is InChI=1S/C9H15NO4S2/c1-7(11)5-8(12)10-3-4-15-6-9(10)16(2,13)14/h9H,3-6H2,1-2H3. The third-order valence-electron chi connectivity index (χ3n) is 2.30. The summed E-state index contributed by atoms with van der Waals surface area (Å²) in [6, 6.07) is 0. The molecule has 5 nitrogen and oxygen atoms in total. The fraction of sp³-hybridized carbons (Fsp3) is 0.778. The highest BCUT2D eigenvalue weighted by Crippen LogP contribution is 2.21. The Morgan fingerprint density at radius 1 is 1.44 bits per heavy atom. The highest BCUT2D eigenvalue weighted by atomic mass is 32.2. The van der Waals surface area contributed by atoms with Crippen molar-refractivity contribution in [1.29, 1.82) is 0 Å². The van der Waals surface area contributed by atoms with E-state index in [1.807, 2.05) is 0 Å². The van der Waals surface area contributed by atoms with E-state index in [0.717, 1.165) is 12.0 Å². The third kappa shape index (κ3) is 3.48. The molecule has 16 heavy (non-hydrogen) atoms. The molecule has 1 aliphatic heterocycles. The highest BCUT2D eigenvalue weighted by molar-refractivity contribution is 8.00. The lowest BCUT2D eigenvalue weighted by molar-refractivity contribution is -0.135. The Kier molecular flexibility index (Phi) is 4.37. The predicted molar refractivity (Wildman–Crippen MR) is 63.0 cm³/mol. The Morgan fingerprint density at radius 3 is 2.56 bits per heavy atom. The molecule has 92 valence electrons. The topological polar surface area (TPSA) is 71.5 Å². The molecule has 0 N–H and O–H groups in total. The van der Waals surface area contributed by atoms with Gasteiger partial charge in [0.1, 0.15) is 11.2 Å². The van der Waals surface area contributed by atoms with Crippen molar-refractivity contribution in [1.82, 2.24) is 4.90 Å². The predicted octanol–water partition coefficient (Wildman–Crippen LogP) is -0.0884. The Morgan fingerprint density at radius 2 is 2.06 bits per heavy atom. The van der Waals surface area contributed by atoms with Gasteiger partial charge in [-0.3, -0.25) is 9.59 Å².